The van der Waals surface area contributed by atoms with Crippen LogP contribution in [0.5, 0.6) is 23.0 Å². The zero-order valence-corrected chi connectivity index (χ0v) is 22.7. The van der Waals surface area contributed by atoms with Crippen LogP contribution in [0.3, 0.4) is 0 Å². The Morgan fingerprint density at radius 2 is 0.714 bits per heavy atom. The molecule has 0 radical (unpaired) electrons. The second-order valence-corrected chi connectivity index (χ2v) is 13.0. The molecule has 0 saturated carbocycles. The van der Waals surface area contributed by atoms with Crippen LogP contribution >= 0.6 is 0 Å². The largest absolute Gasteiger partial charge is 0.497 e. The topological polar surface area (TPSA) is 46.2 Å². The Hall–Kier alpha value is -3.53. The molecule has 0 bridgehead atoms. The molecule has 180 valence electrons. The molecule has 0 heterocycles. The average Bonchev–Trinajstić information content (AvgIpc) is 2.94. The molecule has 4 aromatic carbocycles. The molecule has 2 unspecified atom stereocenters. The van der Waals surface area contributed by atoms with Gasteiger partial charge in [-0.1, -0.05) is 72.8 Å². The predicted octanol–water partition coefficient (Wildman–Crippen LogP) is 2.11. The molecular weight excluding hydrogens is 472 g/mol. The molecule has 2 atom stereocenters. The smallest absolute Gasteiger partial charge is 0.236 e. The lowest BCUT2D eigenvalue weighted by Crippen LogP contribution is -2.56. The Morgan fingerprint density at radius 1 is 0.400 bits per heavy atom. The predicted molar refractivity (Wildman–Crippen MR) is 146 cm³/mol. The van der Waals surface area contributed by atoms with Crippen molar-refractivity contribution in [2.75, 3.05) is 28.4 Å². The van der Waals surface area contributed by atoms with Gasteiger partial charge in [-0.15, -0.1) is 0 Å². The summed E-state index contributed by atoms with van der Waals surface area (Å²) in [6, 6.07) is 32.4. The van der Waals surface area contributed by atoms with Crippen LogP contribution in [0.2, 0.25) is 0 Å². The Balaban J connectivity index is 1.95. The van der Waals surface area contributed by atoms with Gasteiger partial charge in [0.05, 0.1) is 38.8 Å². The van der Waals surface area contributed by atoms with E-state index >= 15 is 0 Å². The summed E-state index contributed by atoms with van der Waals surface area (Å²) in [5.74, 6) is 3.05. The molecule has 7 heteroatoms. The first-order valence-corrected chi connectivity index (χ1v) is 14.6. The van der Waals surface area contributed by atoms with Crippen molar-refractivity contribution in [1.82, 2.24) is 0 Å². The fraction of sp³-hybridized carbons (Fsp3) is 0.143. The van der Waals surface area contributed by atoms with Crippen molar-refractivity contribution in [3.05, 3.63) is 97.1 Å². The van der Waals surface area contributed by atoms with Crippen molar-refractivity contribution in [3.63, 3.8) is 0 Å². The molecule has 0 aliphatic carbocycles. The quantitative estimate of drug-likeness (QED) is 0.311. The van der Waals surface area contributed by atoms with Crippen LogP contribution < -0.4 is 39.7 Å². The molecule has 0 N–H and O–H groups in total. The highest BCUT2D eigenvalue weighted by Gasteiger charge is 2.33. The van der Waals surface area contributed by atoms with Gasteiger partial charge in [-0.3, -0.25) is 0 Å². The average molecular weight is 503 g/mol. The zero-order valence-electron chi connectivity index (χ0n) is 20.4. The van der Waals surface area contributed by atoms with Crippen molar-refractivity contribution < 1.29 is 23.1 Å². The van der Waals surface area contributed by atoms with E-state index < -0.39 is 18.1 Å². The molecule has 0 spiro atoms. The highest BCUT2D eigenvalue weighted by Crippen LogP contribution is 2.22. The number of methoxy groups -OCH3 is 4. The summed E-state index contributed by atoms with van der Waals surface area (Å²) in [7, 11) is 2.09. The minimum Gasteiger partial charge on any atom is -0.497 e. The van der Waals surface area contributed by atoms with E-state index in [-0.39, 0.29) is 0 Å². The van der Waals surface area contributed by atoms with Crippen LogP contribution in [0.1, 0.15) is 0 Å². The molecule has 0 fully saturated rings. The monoisotopic (exact) mass is 502 g/mol. The minimum atomic E-state index is -2.32. The summed E-state index contributed by atoms with van der Waals surface area (Å²) in [4.78, 5) is 0. The van der Waals surface area contributed by atoms with E-state index in [0.29, 0.717) is 0 Å². The Morgan fingerprint density at radius 3 is 1.00 bits per heavy atom. The van der Waals surface area contributed by atoms with Gasteiger partial charge in [-0.05, 0) is 34.6 Å². The fourth-order valence-corrected chi connectivity index (χ4v) is 11.4. The normalized spacial score (nSPS) is 12.5. The first-order valence-electron chi connectivity index (χ1n) is 11.4. The lowest BCUT2D eigenvalue weighted by molar-refractivity contribution is 0.397. The molecule has 4 aromatic rings. The Bertz CT molecular complexity index is 1090. The standard InChI is InChI=1S/C28H30O5Si2/c1-29-23-17-11-18-24(30-2)27(23)34(21-13-7-5-8-14-21)33-35(22-15-9-6-10-16-22)28-25(31-3)19-12-20-26(28)32-4/h5-20,34-35H,1-4H3. The van der Waals surface area contributed by atoms with Crippen LogP contribution in [0.4, 0.5) is 0 Å². The SMILES string of the molecule is COc1cccc(OC)c1[SiH](O[SiH](c1ccccc1)c1c(OC)cccc1OC)c1ccccc1. The molecular formula is C28H30O5Si2. The van der Waals surface area contributed by atoms with Gasteiger partial charge in [0.2, 0.25) is 18.1 Å². The maximum Gasteiger partial charge on any atom is 0.236 e. The second-order valence-electron chi connectivity index (χ2n) is 7.87. The summed E-state index contributed by atoms with van der Waals surface area (Å²) in [5.41, 5.74) is 0. The second kappa shape index (κ2) is 11.7. The third-order valence-corrected chi connectivity index (χ3v) is 12.3. The van der Waals surface area contributed by atoms with Crippen molar-refractivity contribution >= 4 is 38.8 Å². The fourth-order valence-electron chi connectivity index (χ4n) is 4.29. The third-order valence-electron chi connectivity index (χ3n) is 5.93. The van der Waals surface area contributed by atoms with Gasteiger partial charge < -0.3 is 23.1 Å². The number of rotatable bonds is 10. The van der Waals surface area contributed by atoms with Crippen LogP contribution in [0.15, 0.2) is 97.1 Å². The van der Waals surface area contributed by atoms with Crippen molar-refractivity contribution in [1.29, 1.82) is 0 Å². The Labute approximate surface area is 210 Å². The van der Waals surface area contributed by atoms with E-state index in [4.69, 9.17) is 23.1 Å². The first-order chi connectivity index (χ1) is 17.2. The maximum atomic E-state index is 7.32. The number of hydrogen-bond acceptors (Lipinski definition) is 5. The minimum absolute atomic E-state index is 0.762. The molecule has 0 amide bonds. The van der Waals surface area contributed by atoms with Crippen molar-refractivity contribution in [2.45, 2.75) is 0 Å². The molecule has 5 nitrogen and oxygen atoms in total. The van der Waals surface area contributed by atoms with Gasteiger partial charge in [0.1, 0.15) is 23.0 Å². The lowest BCUT2D eigenvalue weighted by Gasteiger charge is -2.28. The van der Waals surface area contributed by atoms with Crippen LogP contribution in [-0.4, -0.2) is 46.5 Å². The van der Waals surface area contributed by atoms with Crippen molar-refractivity contribution in [3.8, 4) is 23.0 Å². The van der Waals surface area contributed by atoms with E-state index in [9.17, 15) is 0 Å². The summed E-state index contributed by atoms with van der Waals surface area (Å²) in [6.45, 7) is 0. The van der Waals surface area contributed by atoms with Gasteiger partial charge in [0, 0.05) is 0 Å². The van der Waals surface area contributed by atoms with Crippen molar-refractivity contribution in [2.24, 2.45) is 0 Å². The van der Waals surface area contributed by atoms with E-state index in [1.54, 1.807) is 28.4 Å². The molecule has 0 aliphatic heterocycles. The van der Waals surface area contributed by atoms with Crippen LogP contribution in [-0.2, 0) is 4.12 Å². The number of hydrogen-bond donors (Lipinski definition) is 0. The molecule has 0 aromatic heterocycles. The summed E-state index contributed by atoms with van der Waals surface area (Å²) in [6.07, 6.45) is 0. The van der Waals surface area contributed by atoms with Gasteiger partial charge in [0.15, 0.2) is 0 Å². The van der Waals surface area contributed by atoms with Gasteiger partial charge >= 0.3 is 0 Å². The van der Waals surface area contributed by atoms with E-state index in [1.165, 1.54) is 0 Å². The summed E-state index contributed by atoms with van der Waals surface area (Å²) < 4.78 is 30.6. The molecule has 0 saturated heterocycles. The maximum absolute atomic E-state index is 7.32. The first kappa shape index (κ1) is 24.6. The molecule has 0 aliphatic rings. The lowest BCUT2D eigenvalue weighted by atomic mass is 10.3. The highest BCUT2D eigenvalue weighted by molar-refractivity contribution is 6.93. The zero-order chi connectivity index (χ0) is 24.6. The van der Waals surface area contributed by atoms with Gasteiger partial charge in [0.25, 0.3) is 0 Å². The van der Waals surface area contributed by atoms with E-state index in [0.717, 1.165) is 43.7 Å². The highest BCUT2D eigenvalue weighted by atomic mass is 28.4. The van der Waals surface area contributed by atoms with Crippen LogP contribution in [0.25, 0.3) is 0 Å². The summed E-state index contributed by atoms with van der Waals surface area (Å²) in [5, 5.41) is 4.23. The Kier molecular flexibility index (Phi) is 8.25. The van der Waals surface area contributed by atoms with E-state index in [1.807, 2.05) is 72.8 Å². The van der Waals surface area contributed by atoms with Gasteiger partial charge in [-0.2, -0.15) is 0 Å². The molecule has 35 heavy (non-hydrogen) atoms. The van der Waals surface area contributed by atoms with E-state index in [2.05, 4.69) is 24.3 Å². The number of benzene rings is 4. The third kappa shape index (κ3) is 5.27. The summed E-state index contributed by atoms with van der Waals surface area (Å²) >= 11 is 0. The molecule has 4 rings (SSSR count). The van der Waals surface area contributed by atoms with Gasteiger partial charge in [-0.25, -0.2) is 0 Å². The number of ether oxygens (including phenoxy) is 4. The van der Waals surface area contributed by atoms with Crippen LogP contribution in [0, 0.1) is 0 Å².